The van der Waals surface area contributed by atoms with Gasteiger partial charge in [0.25, 0.3) is 0 Å². The first-order valence-corrected chi connectivity index (χ1v) is 6.04. The van der Waals surface area contributed by atoms with Crippen molar-refractivity contribution >= 4 is 7.60 Å². The van der Waals surface area contributed by atoms with Crippen LogP contribution in [0.4, 0.5) is 0 Å². The molecular formula is C7H13O4P. The Balaban J connectivity index is 1.71. The topological polar surface area (TPSA) is 70.1 Å². The Morgan fingerprint density at radius 1 is 1.33 bits per heavy atom. The van der Waals surface area contributed by atoms with Crippen LogP contribution in [0.1, 0.15) is 19.3 Å². The van der Waals surface area contributed by atoms with Crippen molar-refractivity contribution in [2.24, 2.45) is 5.92 Å². The van der Waals surface area contributed by atoms with Gasteiger partial charge in [0.05, 0.1) is 18.4 Å². The molecule has 5 heteroatoms. The highest BCUT2D eigenvalue weighted by Gasteiger charge is 2.47. The number of hydrogen-bond donors (Lipinski definition) is 2. The van der Waals surface area contributed by atoms with Gasteiger partial charge in [-0.2, -0.15) is 0 Å². The molecule has 4 nitrogen and oxygen atoms in total. The van der Waals surface area contributed by atoms with Crippen LogP contribution in [0.25, 0.3) is 0 Å². The summed E-state index contributed by atoms with van der Waals surface area (Å²) in [5, 5.41) is 0. The van der Waals surface area contributed by atoms with E-state index in [-0.39, 0.29) is 6.16 Å². The monoisotopic (exact) mass is 192 g/mol. The van der Waals surface area contributed by atoms with Crippen LogP contribution in [0.2, 0.25) is 0 Å². The second kappa shape index (κ2) is 2.81. The smallest absolute Gasteiger partial charge is 0.325 e. The molecule has 0 bridgehead atoms. The molecule has 2 fully saturated rings. The number of epoxide rings is 1. The quantitative estimate of drug-likeness (QED) is 0.511. The minimum Gasteiger partial charge on any atom is -0.370 e. The fourth-order valence-electron chi connectivity index (χ4n) is 1.93. The van der Waals surface area contributed by atoms with Crippen LogP contribution in [0.3, 0.4) is 0 Å². The molecule has 2 aliphatic rings. The second-order valence-electron chi connectivity index (χ2n) is 3.73. The van der Waals surface area contributed by atoms with E-state index in [9.17, 15) is 4.57 Å². The van der Waals surface area contributed by atoms with Crippen LogP contribution in [-0.2, 0) is 9.30 Å². The molecule has 1 aliphatic heterocycles. The highest BCUT2D eigenvalue weighted by molar-refractivity contribution is 7.51. The molecule has 1 saturated heterocycles. The Hall–Kier alpha value is 0.110. The van der Waals surface area contributed by atoms with Gasteiger partial charge in [0.2, 0.25) is 0 Å². The summed E-state index contributed by atoms with van der Waals surface area (Å²) >= 11 is 0. The number of hydrogen-bond acceptors (Lipinski definition) is 2. The van der Waals surface area contributed by atoms with Crippen molar-refractivity contribution in [3.8, 4) is 0 Å². The predicted molar refractivity (Wildman–Crippen MR) is 42.9 cm³/mol. The van der Waals surface area contributed by atoms with Gasteiger partial charge in [-0.1, -0.05) is 0 Å². The zero-order valence-corrected chi connectivity index (χ0v) is 7.61. The van der Waals surface area contributed by atoms with E-state index >= 15 is 0 Å². The Morgan fingerprint density at radius 3 is 2.42 bits per heavy atom. The van der Waals surface area contributed by atoms with Gasteiger partial charge in [-0.15, -0.1) is 0 Å². The highest BCUT2D eigenvalue weighted by Crippen LogP contribution is 2.46. The lowest BCUT2D eigenvalue weighted by Crippen LogP contribution is -2.02. The summed E-state index contributed by atoms with van der Waals surface area (Å²) < 4.78 is 15.8. The molecule has 0 aromatic carbocycles. The van der Waals surface area contributed by atoms with Crippen molar-refractivity contribution in [2.75, 3.05) is 6.16 Å². The van der Waals surface area contributed by atoms with Crippen molar-refractivity contribution in [3.05, 3.63) is 0 Å². The van der Waals surface area contributed by atoms with Gasteiger partial charge in [0.1, 0.15) is 0 Å². The van der Waals surface area contributed by atoms with E-state index in [1.165, 1.54) is 0 Å². The van der Waals surface area contributed by atoms with Crippen LogP contribution < -0.4 is 0 Å². The van der Waals surface area contributed by atoms with Crippen LogP contribution in [0.15, 0.2) is 0 Å². The Morgan fingerprint density at radius 2 is 1.92 bits per heavy atom. The maximum Gasteiger partial charge on any atom is 0.325 e. The minimum atomic E-state index is -3.76. The van der Waals surface area contributed by atoms with Crippen molar-refractivity contribution in [2.45, 2.75) is 31.5 Å². The van der Waals surface area contributed by atoms with Gasteiger partial charge in [-0.25, -0.2) is 0 Å². The van der Waals surface area contributed by atoms with Crippen molar-refractivity contribution in [1.29, 1.82) is 0 Å². The molecule has 0 aromatic rings. The zero-order valence-electron chi connectivity index (χ0n) is 6.72. The van der Waals surface area contributed by atoms with E-state index < -0.39 is 7.60 Å². The van der Waals surface area contributed by atoms with Crippen LogP contribution in [0, 0.1) is 5.92 Å². The molecule has 0 spiro atoms. The van der Waals surface area contributed by atoms with E-state index in [0.717, 1.165) is 12.8 Å². The molecule has 1 saturated carbocycles. The van der Waals surface area contributed by atoms with Crippen LogP contribution in [0.5, 0.6) is 0 Å². The standard InChI is InChI=1S/C7H13O4P/c8-12(9,10)2-1-5-3-6-7(4-5)11-6/h5-7H,1-4H2,(H2,8,9,10). The fourth-order valence-corrected chi connectivity index (χ4v) is 2.64. The van der Waals surface area contributed by atoms with Gasteiger partial charge in [-0.3, -0.25) is 4.57 Å². The first-order chi connectivity index (χ1) is 5.54. The number of rotatable bonds is 3. The van der Waals surface area contributed by atoms with Crippen molar-refractivity contribution < 1.29 is 19.1 Å². The van der Waals surface area contributed by atoms with Crippen molar-refractivity contribution in [3.63, 3.8) is 0 Å². The number of fused-ring (bicyclic) bond motifs is 1. The van der Waals surface area contributed by atoms with Gasteiger partial charge in [-0.05, 0) is 25.2 Å². The van der Waals surface area contributed by atoms with E-state index in [1.54, 1.807) is 0 Å². The molecule has 2 atom stereocenters. The van der Waals surface area contributed by atoms with Gasteiger partial charge in [0.15, 0.2) is 0 Å². The van der Waals surface area contributed by atoms with Gasteiger partial charge >= 0.3 is 7.60 Å². The lowest BCUT2D eigenvalue weighted by Gasteiger charge is -2.10. The van der Waals surface area contributed by atoms with Gasteiger partial charge < -0.3 is 14.5 Å². The summed E-state index contributed by atoms with van der Waals surface area (Å²) in [7, 11) is -3.76. The summed E-state index contributed by atoms with van der Waals surface area (Å²) in [6.07, 6.45) is 3.55. The molecule has 1 heterocycles. The lowest BCUT2D eigenvalue weighted by molar-refractivity contribution is 0.267. The summed E-state index contributed by atoms with van der Waals surface area (Å²) in [5.41, 5.74) is 0. The first-order valence-electron chi connectivity index (χ1n) is 4.24. The largest absolute Gasteiger partial charge is 0.370 e. The fraction of sp³-hybridized carbons (Fsp3) is 1.00. The van der Waals surface area contributed by atoms with E-state index in [4.69, 9.17) is 14.5 Å². The molecule has 1 aliphatic carbocycles. The Kier molecular flexibility index (Phi) is 2.04. The maximum atomic E-state index is 10.5. The minimum absolute atomic E-state index is 0.0388. The van der Waals surface area contributed by atoms with Crippen LogP contribution in [-0.4, -0.2) is 28.2 Å². The zero-order chi connectivity index (χ0) is 8.77. The van der Waals surface area contributed by atoms with E-state index in [0.29, 0.717) is 24.5 Å². The summed E-state index contributed by atoms with van der Waals surface area (Å²) in [5.74, 6) is 0.487. The second-order valence-corrected chi connectivity index (χ2v) is 5.50. The molecule has 0 amide bonds. The molecule has 12 heavy (non-hydrogen) atoms. The predicted octanol–water partition coefficient (Wildman–Crippen LogP) is 0.732. The summed E-state index contributed by atoms with van der Waals surface area (Å²) in [6, 6.07) is 0. The Labute approximate surface area is 71.1 Å². The average Bonchev–Trinajstić information content (AvgIpc) is 2.54. The summed E-state index contributed by atoms with van der Waals surface area (Å²) in [6.45, 7) is 0. The summed E-state index contributed by atoms with van der Waals surface area (Å²) in [4.78, 5) is 17.3. The first kappa shape index (κ1) is 8.70. The SMILES string of the molecule is O=P(O)(O)CCC1CC2OC2C1. The molecule has 2 rings (SSSR count). The average molecular weight is 192 g/mol. The normalized spacial score (nSPS) is 39.7. The molecular weight excluding hydrogens is 179 g/mol. The molecule has 2 unspecified atom stereocenters. The van der Waals surface area contributed by atoms with Crippen molar-refractivity contribution in [1.82, 2.24) is 0 Å². The molecule has 0 radical (unpaired) electrons. The third kappa shape index (κ3) is 2.07. The van der Waals surface area contributed by atoms with Gasteiger partial charge in [0, 0.05) is 0 Å². The van der Waals surface area contributed by atoms with E-state index in [1.807, 2.05) is 0 Å². The maximum absolute atomic E-state index is 10.5. The molecule has 2 N–H and O–H groups in total. The number of ether oxygens (including phenoxy) is 1. The highest BCUT2D eigenvalue weighted by atomic mass is 31.2. The molecule has 0 aromatic heterocycles. The third-order valence-corrected chi connectivity index (χ3v) is 3.49. The Bertz CT molecular complexity index is 213. The molecule has 70 valence electrons. The van der Waals surface area contributed by atoms with E-state index in [2.05, 4.69) is 0 Å². The van der Waals surface area contributed by atoms with Crippen LogP contribution >= 0.6 is 7.60 Å². The third-order valence-electron chi connectivity index (χ3n) is 2.65. The lowest BCUT2D eigenvalue weighted by atomic mass is 10.1.